The van der Waals surface area contributed by atoms with Crippen molar-refractivity contribution in [2.24, 2.45) is 0 Å². The largest absolute Gasteiger partial charge is 0.419 e. The molecule has 5 nitrogen and oxygen atoms in total. The van der Waals surface area contributed by atoms with Crippen molar-refractivity contribution >= 4 is 11.6 Å². The second-order valence-electron chi connectivity index (χ2n) is 8.60. The van der Waals surface area contributed by atoms with Crippen LogP contribution in [-0.4, -0.2) is 46.7 Å². The summed E-state index contributed by atoms with van der Waals surface area (Å²) in [6.07, 6.45) is -4.10. The van der Waals surface area contributed by atoms with Gasteiger partial charge in [-0.25, -0.2) is 4.98 Å². The smallest absolute Gasteiger partial charge is 0.374 e. The number of nitrogens with zero attached hydrogens (tertiary/aromatic N) is 3. The van der Waals surface area contributed by atoms with Crippen molar-refractivity contribution in [1.29, 1.82) is 0 Å². The van der Waals surface area contributed by atoms with Gasteiger partial charge in [0.15, 0.2) is 0 Å². The van der Waals surface area contributed by atoms with Crippen LogP contribution in [0, 0.1) is 0 Å². The zero-order valence-electron chi connectivity index (χ0n) is 19.8. The molecule has 2 N–H and O–H groups in total. The van der Waals surface area contributed by atoms with Gasteiger partial charge < -0.3 is 10.0 Å². The van der Waals surface area contributed by atoms with E-state index in [4.69, 9.17) is 11.6 Å². The number of hydrogen-bond donors (Lipinski definition) is 2. The molecule has 0 aliphatic rings. The van der Waals surface area contributed by atoms with Crippen LogP contribution in [0.1, 0.15) is 17.4 Å². The number of aromatic nitrogens is 2. The summed E-state index contributed by atoms with van der Waals surface area (Å²) in [7, 11) is 3.89. The van der Waals surface area contributed by atoms with Gasteiger partial charge in [-0.15, -0.1) is 0 Å². The average Bonchev–Trinajstić information content (AvgIpc) is 3.29. The number of benzene rings is 2. The van der Waals surface area contributed by atoms with Gasteiger partial charge in [-0.3, -0.25) is 9.88 Å². The van der Waals surface area contributed by atoms with Crippen LogP contribution >= 0.6 is 11.6 Å². The minimum atomic E-state index is -4.59. The molecular formula is C27H26ClF3N4O. The van der Waals surface area contributed by atoms with Crippen molar-refractivity contribution < 1.29 is 18.3 Å². The van der Waals surface area contributed by atoms with E-state index in [2.05, 4.69) is 10.3 Å². The van der Waals surface area contributed by atoms with Crippen molar-refractivity contribution in [3.63, 3.8) is 0 Å². The normalized spacial score (nSPS) is 12.8. The van der Waals surface area contributed by atoms with E-state index in [1.807, 2.05) is 19.0 Å². The Morgan fingerprint density at radius 2 is 1.53 bits per heavy atom. The van der Waals surface area contributed by atoms with Gasteiger partial charge in [-0.1, -0.05) is 48.0 Å². The Morgan fingerprint density at radius 3 is 2.08 bits per heavy atom. The molecule has 2 heterocycles. The molecule has 0 aliphatic carbocycles. The second kappa shape index (κ2) is 10.8. The topological polar surface area (TPSA) is 53.3 Å². The Morgan fingerprint density at radius 1 is 0.944 bits per heavy atom. The third kappa shape index (κ3) is 5.79. The van der Waals surface area contributed by atoms with Crippen molar-refractivity contribution in [1.82, 2.24) is 19.8 Å². The number of nitrogens with one attached hydrogen (secondary N) is 1. The van der Waals surface area contributed by atoms with E-state index in [9.17, 15) is 18.3 Å². The molecule has 0 saturated carbocycles. The van der Waals surface area contributed by atoms with E-state index in [0.717, 1.165) is 12.6 Å². The van der Waals surface area contributed by atoms with E-state index >= 15 is 0 Å². The minimum Gasteiger partial charge on any atom is -0.374 e. The molecule has 4 aromatic rings. The number of hydrogen-bond acceptors (Lipinski definition) is 4. The highest BCUT2D eigenvalue weighted by molar-refractivity contribution is 6.30. The van der Waals surface area contributed by atoms with Crippen LogP contribution in [0.25, 0.3) is 28.3 Å². The summed E-state index contributed by atoms with van der Waals surface area (Å²) in [5.41, 5.74) is 2.27. The Balaban J connectivity index is 1.78. The predicted molar refractivity (Wildman–Crippen MR) is 136 cm³/mol. The fourth-order valence-electron chi connectivity index (χ4n) is 3.91. The molecule has 188 valence electrons. The SMILES string of the molecule is CN(C)CCNC(O)c1ccc(-c2ccc(-c3ccc(Cl)cc3)n2-c2ncccc2C(F)(F)F)cc1. The fraction of sp³-hybridized carbons (Fsp3) is 0.222. The Hall–Kier alpha value is -3.17. The Labute approximate surface area is 212 Å². The molecule has 36 heavy (non-hydrogen) atoms. The standard InChI is InChI=1S/C27H26ClF3N4O/c1-34(2)17-16-33-26(36)20-7-5-18(6-8-20)23-13-14-24(19-9-11-21(28)12-10-19)35(23)25-22(27(29,30)31)4-3-15-32-25/h3-15,26,33,36H,16-17H2,1-2H3. The molecule has 0 amide bonds. The second-order valence-corrected chi connectivity index (χ2v) is 9.04. The number of aliphatic hydroxyl groups excluding tert-OH is 1. The first-order valence-electron chi connectivity index (χ1n) is 11.3. The number of likely N-dealkylation sites (N-methyl/N-ethyl adjacent to an activating group) is 1. The molecule has 1 atom stereocenters. The monoisotopic (exact) mass is 514 g/mol. The van der Waals surface area contributed by atoms with Gasteiger partial charge in [0.1, 0.15) is 12.0 Å². The number of alkyl halides is 3. The van der Waals surface area contributed by atoms with E-state index in [0.29, 0.717) is 39.6 Å². The van der Waals surface area contributed by atoms with Crippen molar-refractivity contribution in [3.8, 4) is 28.3 Å². The molecular weight excluding hydrogens is 489 g/mol. The van der Waals surface area contributed by atoms with E-state index in [1.165, 1.54) is 16.8 Å². The van der Waals surface area contributed by atoms with E-state index in [-0.39, 0.29) is 5.82 Å². The number of aliphatic hydroxyl groups is 1. The molecule has 0 bridgehead atoms. The van der Waals surface area contributed by atoms with Crippen molar-refractivity contribution in [2.45, 2.75) is 12.4 Å². The maximum Gasteiger partial charge on any atom is 0.419 e. The van der Waals surface area contributed by atoms with Crippen LogP contribution in [0.2, 0.25) is 5.02 Å². The van der Waals surface area contributed by atoms with Crippen LogP contribution in [0.3, 0.4) is 0 Å². The number of pyridine rings is 1. The summed E-state index contributed by atoms with van der Waals surface area (Å²) >= 11 is 6.03. The molecule has 1 unspecified atom stereocenters. The third-order valence-electron chi connectivity index (χ3n) is 5.74. The van der Waals surface area contributed by atoms with Crippen molar-refractivity contribution in [3.05, 3.63) is 95.1 Å². The predicted octanol–water partition coefficient (Wildman–Crippen LogP) is 6.02. The molecule has 0 saturated heterocycles. The van der Waals surface area contributed by atoms with Crippen LogP contribution < -0.4 is 5.32 Å². The van der Waals surface area contributed by atoms with Gasteiger partial charge >= 0.3 is 6.18 Å². The molecule has 0 aliphatic heterocycles. The van der Waals surface area contributed by atoms with Gasteiger partial charge in [0, 0.05) is 24.3 Å². The number of halogens is 4. The summed E-state index contributed by atoms with van der Waals surface area (Å²) in [6, 6.07) is 19.8. The average molecular weight is 515 g/mol. The third-order valence-corrected chi connectivity index (χ3v) is 6.00. The highest BCUT2D eigenvalue weighted by Gasteiger charge is 2.35. The molecule has 4 rings (SSSR count). The van der Waals surface area contributed by atoms with E-state index in [1.54, 1.807) is 60.7 Å². The molecule has 2 aromatic heterocycles. The first-order chi connectivity index (χ1) is 17.1. The van der Waals surface area contributed by atoms with Gasteiger partial charge in [-0.05, 0) is 67.2 Å². The maximum atomic E-state index is 13.9. The zero-order valence-corrected chi connectivity index (χ0v) is 20.6. The lowest BCUT2D eigenvalue weighted by Gasteiger charge is -2.19. The minimum absolute atomic E-state index is 0.218. The van der Waals surface area contributed by atoms with Gasteiger partial charge in [0.25, 0.3) is 0 Å². The lowest BCUT2D eigenvalue weighted by Crippen LogP contribution is -2.29. The van der Waals surface area contributed by atoms with Crippen LogP contribution in [0.5, 0.6) is 0 Å². The highest BCUT2D eigenvalue weighted by Crippen LogP contribution is 2.38. The first-order valence-corrected chi connectivity index (χ1v) is 11.7. The summed E-state index contributed by atoms with van der Waals surface area (Å²) in [6.45, 7) is 1.37. The Bertz CT molecular complexity index is 1300. The first kappa shape index (κ1) is 25.9. The summed E-state index contributed by atoms with van der Waals surface area (Å²) in [5.74, 6) is -0.218. The lowest BCUT2D eigenvalue weighted by atomic mass is 10.1. The zero-order chi connectivity index (χ0) is 25.9. The quantitative estimate of drug-likeness (QED) is 0.282. The van der Waals surface area contributed by atoms with Gasteiger partial charge in [0.05, 0.1) is 17.0 Å². The van der Waals surface area contributed by atoms with Crippen molar-refractivity contribution in [2.75, 3.05) is 27.2 Å². The summed E-state index contributed by atoms with van der Waals surface area (Å²) in [4.78, 5) is 6.14. The summed E-state index contributed by atoms with van der Waals surface area (Å²) < 4.78 is 43.3. The van der Waals surface area contributed by atoms with Gasteiger partial charge in [-0.2, -0.15) is 13.2 Å². The highest BCUT2D eigenvalue weighted by atomic mass is 35.5. The molecule has 9 heteroatoms. The fourth-order valence-corrected chi connectivity index (χ4v) is 4.04. The summed E-state index contributed by atoms with van der Waals surface area (Å²) in [5, 5.41) is 14.0. The number of rotatable bonds is 8. The Kier molecular flexibility index (Phi) is 7.80. The van der Waals surface area contributed by atoms with Crippen LogP contribution in [-0.2, 0) is 6.18 Å². The maximum absolute atomic E-state index is 13.9. The lowest BCUT2D eigenvalue weighted by molar-refractivity contribution is -0.137. The molecule has 0 fully saturated rings. The van der Waals surface area contributed by atoms with E-state index < -0.39 is 18.0 Å². The molecule has 0 spiro atoms. The van der Waals surface area contributed by atoms with Crippen LogP contribution in [0.4, 0.5) is 13.2 Å². The molecule has 2 aromatic carbocycles. The molecule has 0 radical (unpaired) electrons. The van der Waals surface area contributed by atoms with Crippen LogP contribution in [0.15, 0.2) is 79.0 Å². The van der Waals surface area contributed by atoms with Gasteiger partial charge in [0.2, 0.25) is 0 Å².